The van der Waals surface area contributed by atoms with Gasteiger partial charge in [0.1, 0.15) is 5.75 Å². The van der Waals surface area contributed by atoms with Crippen LogP contribution in [0.25, 0.3) is 10.9 Å². The zero-order chi connectivity index (χ0) is 26.5. The fourth-order valence-corrected chi connectivity index (χ4v) is 5.40. The largest absolute Gasteiger partial charge is 0.497 e. The van der Waals surface area contributed by atoms with E-state index in [1.54, 1.807) is 23.8 Å². The van der Waals surface area contributed by atoms with Crippen molar-refractivity contribution in [2.24, 2.45) is 0 Å². The van der Waals surface area contributed by atoms with E-state index in [1.807, 2.05) is 48.5 Å². The lowest BCUT2D eigenvalue weighted by atomic mass is 10.2. The van der Waals surface area contributed by atoms with Crippen molar-refractivity contribution in [1.29, 1.82) is 0 Å². The van der Waals surface area contributed by atoms with Gasteiger partial charge in [0.2, 0.25) is 12.7 Å². The van der Waals surface area contributed by atoms with Gasteiger partial charge >= 0.3 is 0 Å². The Morgan fingerprint density at radius 3 is 2.66 bits per heavy atom. The Hall–Kier alpha value is -3.69. The van der Waals surface area contributed by atoms with E-state index in [2.05, 4.69) is 5.32 Å². The standard InChI is InChI=1S/C28H26ClN3O5S/c1-35-20-10-8-18(9-11-20)15-30-26(33)7-4-12-32-27(34)21-13-24-25(37-17-36-24)14-23(21)31-28(32)38-16-19-5-2-3-6-22(19)29/h2-3,5-6,8-11,13-14H,4,7,12,15-17H2,1H3,(H,30,33). The predicted octanol–water partition coefficient (Wildman–Crippen LogP) is 5.18. The van der Waals surface area contributed by atoms with Crippen molar-refractivity contribution in [2.45, 2.75) is 36.8 Å². The van der Waals surface area contributed by atoms with Crippen LogP contribution in [-0.2, 0) is 23.6 Å². The van der Waals surface area contributed by atoms with Crippen LogP contribution in [0.5, 0.6) is 17.2 Å². The average Bonchev–Trinajstić information content (AvgIpc) is 3.40. The van der Waals surface area contributed by atoms with Crippen molar-refractivity contribution in [1.82, 2.24) is 14.9 Å². The number of nitrogens with zero attached hydrogens (tertiary/aromatic N) is 2. The number of ether oxygens (including phenoxy) is 3. The van der Waals surface area contributed by atoms with Crippen molar-refractivity contribution in [3.63, 3.8) is 0 Å². The summed E-state index contributed by atoms with van der Waals surface area (Å²) in [5.41, 5.74) is 2.28. The van der Waals surface area contributed by atoms with Crippen molar-refractivity contribution < 1.29 is 19.0 Å². The zero-order valence-corrected chi connectivity index (χ0v) is 22.3. The van der Waals surface area contributed by atoms with Gasteiger partial charge in [0, 0.05) is 36.4 Å². The lowest BCUT2D eigenvalue weighted by molar-refractivity contribution is -0.121. The number of halogens is 1. The van der Waals surface area contributed by atoms with E-state index in [0.717, 1.165) is 16.9 Å². The molecule has 1 aromatic heterocycles. The summed E-state index contributed by atoms with van der Waals surface area (Å²) < 4.78 is 17.7. The molecular weight excluding hydrogens is 526 g/mol. The van der Waals surface area contributed by atoms with E-state index in [1.165, 1.54) is 11.8 Å². The molecule has 1 aliphatic rings. The summed E-state index contributed by atoms with van der Waals surface area (Å²) in [6, 6.07) is 18.5. The molecule has 0 spiro atoms. The van der Waals surface area contributed by atoms with Crippen LogP contribution < -0.4 is 25.1 Å². The number of carbonyl (C=O) groups excluding carboxylic acids is 1. The number of aromatic nitrogens is 2. The highest BCUT2D eigenvalue weighted by Crippen LogP contribution is 2.35. The number of hydrogen-bond donors (Lipinski definition) is 1. The fourth-order valence-electron chi connectivity index (χ4n) is 4.09. The smallest absolute Gasteiger partial charge is 0.262 e. The predicted molar refractivity (Wildman–Crippen MR) is 147 cm³/mol. The third-order valence-corrected chi connectivity index (χ3v) is 7.56. The third kappa shape index (κ3) is 5.89. The molecule has 4 aromatic rings. The van der Waals surface area contributed by atoms with Crippen LogP contribution in [0.15, 0.2) is 70.6 Å². The number of carbonyl (C=O) groups is 1. The first-order valence-electron chi connectivity index (χ1n) is 12.1. The van der Waals surface area contributed by atoms with E-state index in [0.29, 0.717) is 57.8 Å². The molecule has 5 rings (SSSR count). The molecule has 0 unspecified atom stereocenters. The molecule has 8 nitrogen and oxygen atoms in total. The number of thioether (sulfide) groups is 1. The molecule has 0 radical (unpaired) electrons. The molecule has 0 bridgehead atoms. The van der Waals surface area contributed by atoms with Gasteiger partial charge in [-0.25, -0.2) is 4.98 Å². The Morgan fingerprint density at radius 1 is 1.13 bits per heavy atom. The second kappa shape index (κ2) is 11.8. The van der Waals surface area contributed by atoms with Crippen LogP contribution >= 0.6 is 23.4 Å². The van der Waals surface area contributed by atoms with Crippen LogP contribution in [0.3, 0.4) is 0 Å². The molecule has 0 saturated carbocycles. The second-order valence-corrected chi connectivity index (χ2v) is 10.0. The van der Waals surface area contributed by atoms with Crippen molar-refractivity contribution in [3.05, 3.63) is 87.2 Å². The summed E-state index contributed by atoms with van der Waals surface area (Å²) in [4.78, 5) is 30.8. The van der Waals surface area contributed by atoms with Gasteiger partial charge in [-0.2, -0.15) is 0 Å². The SMILES string of the molecule is COc1ccc(CNC(=O)CCCn2c(SCc3ccccc3Cl)nc3cc4c(cc3c2=O)OCO4)cc1. The van der Waals surface area contributed by atoms with Gasteiger partial charge in [0.25, 0.3) is 5.56 Å². The van der Waals surface area contributed by atoms with Crippen molar-refractivity contribution >= 4 is 40.2 Å². The lowest BCUT2D eigenvalue weighted by Crippen LogP contribution is -2.26. The second-order valence-electron chi connectivity index (χ2n) is 8.68. The molecule has 0 aliphatic carbocycles. The molecule has 0 fully saturated rings. The molecule has 38 heavy (non-hydrogen) atoms. The van der Waals surface area contributed by atoms with Gasteiger partial charge in [-0.15, -0.1) is 0 Å². The van der Waals surface area contributed by atoms with Gasteiger partial charge in [0.15, 0.2) is 16.7 Å². The van der Waals surface area contributed by atoms with Crippen LogP contribution in [-0.4, -0.2) is 29.4 Å². The number of nitrogens with one attached hydrogen (secondary N) is 1. The zero-order valence-electron chi connectivity index (χ0n) is 20.7. The highest BCUT2D eigenvalue weighted by Gasteiger charge is 2.19. The first-order chi connectivity index (χ1) is 18.5. The Bertz CT molecular complexity index is 1520. The highest BCUT2D eigenvalue weighted by atomic mass is 35.5. The molecule has 1 amide bonds. The van der Waals surface area contributed by atoms with Crippen LogP contribution in [0.2, 0.25) is 5.02 Å². The maximum atomic E-state index is 13.5. The monoisotopic (exact) mass is 551 g/mol. The summed E-state index contributed by atoms with van der Waals surface area (Å²) in [5.74, 6) is 2.32. The fraction of sp³-hybridized carbons (Fsp3) is 0.250. The number of methoxy groups -OCH3 is 1. The molecule has 10 heteroatoms. The van der Waals surface area contributed by atoms with E-state index in [4.69, 9.17) is 30.8 Å². The Balaban J connectivity index is 1.31. The molecule has 0 saturated heterocycles. The van der Waals surface area contributed by atoms with E-state index in [-0.39, 0.29) is 24.7 Å². The Kier molecular flexibility index (Phi) is 8.05. The summed E-state index contributed by atoms with van der Waals surface area (Å²) in [6.45, 7) is 0.878. The molecule has 1 aliphatic heterocycles. The first-order valence-corrected chi connectivity index (χ1v) is 13.5. The molecule has 196 valence electrons. The number of fused-ring (bicyclic) bond motifs is 2. The molecule has 3 aromatic carbocycles. The van der Waals surface area contributed by atoms with Gasteiger partial charge in [0.05, 0.1) is 18.0 Å². The molecular formula is C28H26ClN3O5S. The van der Waals surface area contributed by atoms with E-state index >= 15 is 0 Å². The van der Waals surface area contributed by atoms with Crippen LogP contribution in [0.1, 0.15) is 24.0 Å². The summed E-state index contributed by atoms with van der Waals surface area (Å²) >= 11 is 7.78. The van der Waals surface area contributed by atoms with Gasteiger partial charge in [-0.05, 0) is 41.8 Å². The minimum absolute atomic E-state index is 0.0868. The average molecular weight is 552 g/mol. The third-order valence-electron chi connectivity index (χ3n) is 6.16. The van der Waals surface area contributed by atoms with Crippen LogP contribution in [0.4, 0.5) is 0 Å². The van der Waals surface area contributed by atoms with E-state index < -0.39 is 0 Å². The van der Waals surface area contributed by atoms with Crippen molar-refractivity contribution in [2.75, 3.05) is 13.9 Å². The van der Waals surface area contributed by atoms with Gasteiger partial charge in [-0.1, -0.05) is 53.7 Å². The van der Waals surface area contributed by atoms with E-state index in [9.17, 15) is 9.59 Å². The molecule has 1 N–H and O–H groups in total. The normalized spacial score (nSPS) is 12.1. The molecule has 0 atom stereocenters. The van der Waals surface area contributed by atoms with Crippen molar-refractivity contribution in [3.8, 4) is 17.2 Å². The minimum Gasteiger partial charge on any atom is -0.497 e. The summed E-state index contributed by atoms with van der Waals surface area (Å²) in [7, 11) is 1.61. The summed E-state index contributed by atoms with van der Waals surface area (Å²) in [6.07, 6.45) is 0.752. The number of amides is 1. The highest BCUT2D eigenvalue weighted by molar-refractivity contribution is 7.98. The summed E-state index contributed by atoms with van der Waals surface area (Å²) in [5, 5.41) is 4.59. The number of rotatable bonds is 10. The Morgan fingerprint density at radius 2 is 1.89 bits per heavy atom. The number of benzene rings is 3. The Labute approximate surface area is 228 Å². The minimum atomic E-state index is -0.186. The quantitative estimate of drug-likeness (QED) is 0.214. The maximum Gasteiger partial charge on any atom is 0.262 e. The topological polar surface area (TPSA) is 91.7 Å². The van der Waals surface area contributed by atoms with Gasteiger partial charge in [-0.3, -0.25) is 14.2 Å². The number of hydrogen-bond acceptors (Lipinski definition) is 7. The van der Waals surface area contributed by atoms with Gasteiger partial charge < -0.3 is 19.5 Å². The first kappa shape index (κ1) is 25.9. The van der Waals surface area contributed by atoms with Crippen LogP contribution in [0, 0.1) is 0 Å². The maximum absolute atomic E-state index is 13.5. The molecule has 2 heterocycles. The lowest BCUT2D eigenvalue weighted by Gasteiger charge is -2.14.